The lowest BCUT2D eigenvalue weighted by atomic mass is 9.75. The molecule has 9 rings (SSSR count). The third-order valence-electron chi connectivity index (χ3n) is 12.2. The van der Waals surface area contributed by atoms with Gasteiger partial charge in [-0.05, 0) is 93.9 Å². The van der Waals surface area contributed by atoms with Crippen LogP contribution in [0, 0.1) is 0 Å². The van der Waals surface area contributed by atoms with Crippen LogP contribution in [0.15, 0.2) is 164 Å². The minimum Gasteiger partial charge on any atom is -0.321 e. The van der Waals surface area contributed by atoms with E-state index in [4.69, 9.17) is 4.98 Å². The number of fused-ring (bicyclic) bond motifs is 4. The molecule has 0 unspecified atom stereocenters. The molecule has 0 saturated heterocycles. The van der Waals surface area contributed by atoms with E-state index in [0.29, 0.717) is 0 Å². The number of rotatable bonds is 7. The molecule has 0 atom stereocenters. The Labute approximate surface area is 331 Å². The maximum atomic E-state index is 5.03. The lowest BCUT2D eigenvalue weighted by molar-refractivity contribution is 0.582. The summed E-state index contributed by atoms with van der Waals surface area (Å²) in [4.78, 5) is 9.93. The van der Waals surface area contributed by atoms with Crippen molar-refractivity contribution in [3.05, 3.63) is 192 Å². The Bertz CT molecular complexity index is 2710. The topological polar surface area (TPSA) is 24.3 Å². The van der Waals surface area contributed by atoms with Gasteiger partial charge in [-0.15, -0.1) is 0 Å². The van der Waals surface area contributed by atoms with Gasteiger partial charge in [0.15, 0.2) is 0 Å². The lowest BCUT2D eigenvalue weighted by Crippen LogP contribution is -2.26. The number of aromatic nitrogens is 2. The molecule has 0 radical (unpaired) electrons. The molecule has 6 aromatic carbocycles. The van der Waals surface area contributed by atoms with Gasteiger partial charge in [0.05, 0.1) is 22.4 Å². The summed E-state index contributed by atoms with van der Waals surface area (Å²) in [6, 6.07) is 57.8. The van der Waals surface area contributed by atoms with Gasteiger partial charge in [0, 0.05) is 39.2 Å². The van der Waals surface area contributed by atoms with E-state index in [9.17, 15) is 0 Å². The molecule has 1 aliphatic rings. The fraction of sp³-hybridized carbons (Fsp3) is 0.212. The first-order valence-corrected chi connectivity index (χ1v) is 19.8. The van der Waals surface area contributed by atoms with Gasteiger partial charge in [-0.2, -0.15) is 0 Å². The number of pyridine rings is 1. The molecule has 56 heavy (non-hydrogen) atoms. The quantitative estimate of drug-likeness (QED) is 0.163. The number of hydrogen-bond donors (Lipinski definition) is 0. The molecular weight excluding hydrogens is 681 g/mol. The van der Waals surface area contributed by atoms with Gasteiger partial charge in [-0.25, -0.2) is 4.98 Å². The molecule has 8 aromatic rings. The van der Waals surface area contributed by atoms with E-state index < -0.39 is 0 Å². The zero-order chi connectivity index (χ0) is 38.8. The predicted molar refractivity (Wildman–Crippen MR) is 236 cm³/mol. The van der Waals surface area contributed by atoms with E-state index in [1.807, 2.05) is 6.20 Å². The van der Waals surface area contributed by atoms with E-state index in [-0.39, 0.29) is 16.2 Å². The van der Waals surface area contributed by atoms with Crippen LogP contribution in [0.1, 0.15) is 76.3 Å². The van der Waals surface area contributed by atoms with Crippen LogP contribution in [0.3, 0.4) is 0 Å². The Kier molecular flexibility index (Phi) is 8.43. The smallest absolute Gasteiger partial charge is 0.137 e. The summed E-state index contributed by atoms with van der Waals surface area (Å²) >= 11 is 0. The fourth-order valence-corrected chi connectivity index (χ4v) is 8.55. The second kappa shape index (κ2) is 13.3. The van der Waals surface area contributed by atoms with Gasteiger partial charge >= 0.3 is 0 Å². The van der Waals surface area contributed by atoms with Crippen molar-refractivity contribution < 1.29 is 0 Å². The van der Waals surface area contributed by atoms with Crippen LogP contribution in [-0.2, 0) is 16.2 Å². The first kappa shape index (κ1) is 35.6. The largest absolute Gasteiger partial charge is 0.321 e. The molecule has 0 aliphatic carbocycles. The monoisotopic (exact) mass is 730 g/mol. The van der Waals surface area contributed by atoms with Gasteiger partial charge in [0.1, 0.15) is 12.5 Å². The van der Waals surface area contributed by atoms with Crippen LogP contribution >= 0.6 is 0 Å². The molecule has 3 heterocycles. The molecule has 0 fully saturated rings. The molecule has 0 N–H and O–H groups in total. The maximum Gasteiger partial charge on any atom is 0.137 e. The van der Waals surface area contributed by atoms with Crippen molar-refractivity contribution in [2.75, 3.05) is 16.5 Å². The van der Waals surface area contributed by atoms with Crippen LogP contribution in [-0.4, -0.2) is 16.2 Å². The van der Waals surface area contributed by atoms with Crippen LogP contribution in [0.4, 0.5) is 22.7 Å². The standard InChI is InChI=1S/C52H50N4/c1-50(2,3)39-30-40(32-42(31-39)55-35-54(41-20-12-9-13-21-41)46-24-16-17-25-47(46)55)52(6,7)37-26-27-44-43-22-14-15-23-45(43)56(48(44)33-37)49-34-38(28-29-53-49)51(4,5)36-18-10-8-11-19-36/h8-34H,35H2,1-7H3. The number of hydrogen-bond acceptors (Lipinski definition) is 3. The first-order chi connectivity index (χ1) is 26.9. The fourth-order valence-electron chi connectivity index (χ4n) is 8.55. The second-order valence-electron chi connectivity index (χ2n) is 17.4. The highest BCUT2D eigenvalue weighted by Crippen LogP contribution is 2.47. The van der Waals surface area contributed by atoms with Gasteiger partial charge in [0.2, 0.25) is 0 Å². The highest BCUT2D eigenvalue weighted by molar-refractivity contribution is 6.09. The van der Waals surface area contributed by atoms with Crippen molar-refractivity contribution in [1.82, 2.24) is 9.55 Å². The molecule has 278 valence electrons. The second-order valence-corrected chi connectivity index (χ2v) is 17.4. The third-order valence-corrected chi connectivity index (χ3v) is 12.2. The predicted octanol–water partition coefficient (Wildman–Crippen LogP) is 13.4. The summed E-state index contributed by atoms with van der Waals surface area (Å²) in [5.74, 6) is 0.931. The Morgan fingerprint density at radius 3 is 1.71 bits per heavy atom. The van der Waals surface area contributed by atoms with Crippen LogP contribution in [0.25, 0.3) is 27.6 Å². The number of benzene rings is 6. The number of nitrogens with zero attached hydrogens (tertiary/aromatic N) is 4. The molecule has 4 nitrogen and oxygen atoms in total. The summed E-state index contributed by atoms with van der Waals surface area (Å²) in [7, 11) is 0. The number of anilines is 4. The minimum absolute atomic E-state index is 0.0419. The Balaban J connectivity index is 1.18. The maximum absolute atomic E-state index is 5.03. The molecule has 2 aromatic heterocycles. The molecule has 1 aliphatic heterocycles. The summed E-state index contributed by atoms with van der Waals surface area (Å²) in [5.41, 5.74) is 13.0. The van der Waals surface area contributed by atoms with Gasteiger partial charge < -0.3 is 9.80 Å². The van der Waals surface area contributed by atoms with Gasteiger partial charge in [0.25, 0.3) is 0 Å². The minimum atomic E-state index is -0.311. The normalized spacial score (nSPS) is 13.5. The molecule has 4 heteroatoms. The summed E-state index contributed by atoms with van der Waals surface area (Å²) in [6.45, 7) is 17.1. The Hall–Kier alpha value is -6.13. The molecule has 0 spiro atoms. The average Bonchev–Trinajstić information content (AvgIpc) is 3.77. The van der Waals surface area contributed by atoms with Gasteiger partial charge in [-0.1, -0.05) is 146 Å². The SMILES string of the molecule is CC(C)(C)c1cc(N2CN(c3ccccc3)c3ccccc32)cc(C(C)(C)c2ccc3c4ccccc4n(-c4cc(C(C)(C)c5ccccc5)ccn4)c3c2)c1. The average molecular weight is 731 g/mol. The van der Waals surface area contributed by atoms with Crippen LogP contribution in [0.2, 0.25) is 0 Å². The molecule has 0 amide bonds. The van der Waals surface area contributed by atoms with Crippen molar-refractivity contribution >= 4 is 44.6 Å². The van der Waals surface area contributed by atoms with E-state index in [0.717, 1.165) is 23.5 Å². The van der Waals surface area contributed by atoms with E-state index in [1.165, 1.54) is 61.3 Å². The van der Waals surface area contributed by atoms with Gasteiger partial charge in [-0.3, -0.25) is 4.57 Å². The van der Waals surface area contributed by atoms with Crippen molar-refractivity contribution in [2.45, 2.75) is 64.7 Å². The highest BCUT2D eigenvalue weighted by Gasteiger charge is 2.32. The Morgan fingerprint density at radius 1 is 0.429 bits per heavy atom. The summed E-state index contributed by atoms with van der Waals surface area (Å²) < 4.78 is 2.37. The van der Waals surface area contributed by atoms with E-state index in [2.05, 4.69) is 221 Å². The highest BCUT2D eigenvalue weighted by atomic mass is 15.4. The van der Waals surface area contributed by atoms with E-state index in [1.54, 1.807) is 0 Å². The zero-order valence-corrected chi connectivity index (χ0v) is 33.6. The lowest BCUT2D eigenvalue weighted by Gasteiger charge is -2.32. The molecular formula is C52H50N4. The first-order valence-electron chi connectivity index (χ1n) is 19.8. The van der Waals surface area contributed by atoms with E-state index >= 15 is 0 Å². The summed E-state index contributed by atoms with van der Waals surface area (Å²) in [6.07, 6.45) is 1.97. The van der Waals surface area contributed by atoms with Crippen LogP contribution < -0.4 is 9.80 Å². The molecule has 0 saturated carbocycles. The molecule has 0 bridgehead atoms. The van der Waals surface area contributed by atoms with Crippen molar-refractivity contribution in [3.63, 3.8) is 0 Å². The van der Waals surface area contributed by atoms with Crippen molar-refractivity contribution in [2.24, 2.45) is 0 Å². The Morgan fingerprint density at radius 2 is 1.00 bits per heavy atom. The van der Waals surface area contributed by atoms with Crippen molar-refractivity contribution in [1.29, 1.82) is 0 Å². The van der Waals surface area contributed by atoms with Crippen LogP contribution in [0.5, 0.6) is 0 Å². The third kappa shape index (κ3) is 5.96. The zero-order valence-electron chi connectivity index (χ0n) is 33.6. The van der Waals surface area contributed by atoms with Crippen molar-refractivity contribution in [3.8, 4) is 5.82 Å². The number of para-hydroxylation sites is 4. The summed E-state index contributed by atoms with van der Waals surface area (Å²) in [5, 5.41) is 2.46.